The minimum Gasteiger partial charge on any atom is -0.489 e. The van der Waals surface area contributed by atoms with E-state index >= 15 is 0 Å². The summed E-state index contributed by atoms with van der Waals surface area (Å²) in [5.41, 5.74) is 0.873. The Morgan fingerprint density at radius 2 is 2.04 bits per heavy atom. The zero-order valence-corrected chi connectivity index (χ0v) is 14.7. The van der Waals surface area contributed by atoms with E-state index in [-0.39, 0.29) is 11.7 Å². The van der Waals surface area contributed by atoms with Crippen molar-refractivity contribution in [3.8, 4) is 5.75 Å². The number of aromatic nitrogens is 1. The van der Waals surface area contributed by atoms with Gasteiger partial charge >= 0.3 is 0 Å². The molecule has 4 nitrogen and oxygen atoms in total. The summed E-state index contributed by atoms with van der Waals surface area (Å²) in [6.45, 7) is 0.311. The highest BCUT2D eigenvalue weighted by atomic mass is 79.9. The van der Waals surface area contributed by atoms with Gasteiger partial charge in [-0.1, -0.05) is 0 Å². The predicted octanol–water partition coefficient (Wildman–Crippen LogP) is 4.88. The van der Waals surface area contributed by atoms with Crippen LogP contribution in [0, 0.1) is 5.82 Å². The molecule has 0 saturated carbocycles. The van der Waals surface area contributed by atoms with Crippen molar-refractivity contribution in [1.82, 2.24) is 4.98 Å². The van der Waals surface area contributed by atoms with Gasteiger partial charge in [-0.25, -0.2) is 9.37 Å². The molecule has 0 aliphatic carbocycles. The Morgan fingerprint density at radius 3 is 2.75 bits per heavy atom. The van der Waals surface area contributed by atoms with Crippen molar-refractivity contribution in [3.63, 3.8) is 0 Å². The molecule has 1 amide bonds. The summed E-state index contributed by atoms with van der Waals surface area (Å²) in [6.07, 6.45) is 1.62. The van der Waals surface area contributed by atoms with Crippen LogP contribution in [0.1, 0.15) is 15.2 Å². The molecular weight excluding hydrogens is 395 g/mol. The summed E-state index contributed by atoms with van der Waals surface area (Å²) in [4.78, 5) is 16.9. The number of amides is 1. The number of hydrogen-bond donors (Lipinski definition) is 1. The quantitative estimate of drug-likeness (QED) is 0.656. The van der Waals surface area contributed by atoms with Crippen LogP contribution in [0.5, 0.6) is 5.75 Å². The van der Waals surface area contributed by atoms with Gasteiger partial charge in [0, 0.05) is 16.2 Å². The van der Waals surface area contributed by atoms with Crippen LogP contribution in [0.3, 0.4) is 0 Å². The lowest BCUT2D eigenvalue weighted by molar-refractivity contribution is 0.103. The molecule has 0 radical (unpaired) electrons. The molecule has 0 atom stereocenters. The molecule has 0 saturated heterocycles. The van der Waals surface area contributed by atoms with Gasteiger partial charge in [-0.3, -0.25) is 4.79 Å². The highest BCUT2D eigenvalue weighted by Gasteiger charge is 2.10. The normalized spacial score (nSPS) is 10.4. The van der Waals surface area contributed by atoms with Gasteiger partial charge in [0.25, 0.3) is 5.91 Å². The highest BCUT2D eigenvalue weighted by Crippen LogP contribution is 2.19. The average molecular weight is 407 g/mol. The fourth-order valence-corrected chi connectivity index (χ4v) is 2.92. The number of benzene rings is 1. The van der Waals surface area contributed by atoms with Gasteiger partial charge in [0.05, 0.1) is 4.88 Å². The second-order valence-corrected chi connectivity index (χ2v) is 6.70. The third-order valence-electron chi connectivity index (χ3n) is 3.07. The molecule has 0 spiro atoms. The van der Waals surface area contributed by atoms with Crippen molar-refractivity contribution in [2.24, 2.45) is 0 Å². The Kier molecular flexibility index (Phi) is 5.22. The molecule has 0 aliphatic heterocycles. The Labute approximate surface area is 150 Å². The summed E-state index contributed by atoms with van der Waals surface area (Å²) < 4.78 is 19.2. The van der Waals surface area contributed by atoms with Crippen LogP contribution in [-0.2, 0) is 6.61 Å². The summed E-state index contributed by atoms with van der Waals surface area (Å²) in [7, 11) is 0. The van der Waals surface area contributed by atoms with E-state index in [1.165, 1.54) is 23.5 Å². The van der Waals surface area contributed by atoms with E-state index in [1.54, 1.807) is 36.5 Å². The maximum Gasteiger partial charge on any atom is 0.266 e. The molecule has 2 heterocycles. The summed E-state index contributed by atoms with van der Waals surface area (Å²) in [5, 5.41) is 4.59. The van der Waals surface area contributed by atoms with Crippen molar-refractivity contribution >= 4 is 39.0 Å². The molecule has 3 rings (SSSR count). The third-order valence-corrected chi connectivity index (χ3v) is 4.51. The minimum atomic E-state index is -0.307. The maximum atomic E-state index is 12.8. The molecule has 122 valence electrons. The molecule has 0 fully saturated rings. The molecule has 3 aromatic rings. The SMILES string of the molecule is O=C(Nc1ccc(Br)cn1)c1cc(COc2ccc(F)cc2)cs1. The number of rotatable bonds is 5. The van der Waals surface area contributed by atoms with Crippen LogP contribution in [0.2, 0.25) is 0 Å². The fourth-order valence-electron chi connectivity index (χ4n) is 1.90. The predicted molar refractivity (Wildman–Crippen MR) is 94.9 cm³/mol. The summed E-state index contributed by atoms with van der Waals surface area (Å²) in [5.74, 6) is 0.537. The van der Waals surface area contributed by atoms with E-state index in [9.17, 15) is 9.18 Å². The van der Waals surface area contributed by atoms with E-state index < -0.39 is 0 Å². The van der Waals surface area contributed by atoms with Crippen LogP contribution < -0.4 is 10.1 Å². The zero-order chi connectivity index (χ0) is 16.9. The fraction of sp³-hybridized carbons (Fsp3) is 0.0588. The van der Waals surface area contributed by atoms with Gasteiger partial charge in [0.15, 0.2) is 0 Å². The Hall–Kier alpha value is -2.25. The van der Waals surface area contributed by atoms with Crippen LogP contribution in [0.15, 0.2) is 58.5 Å². The van der Waals surface area contributed by atoms with Gasteiger partial charge in [-0.15, -0.1) is 11.3 Å². The van der Waals surface area contributed by atoms with Crippen LogP contribution in [-0.4, -0.2) is 10.9 Å². The van der Waals surface area contributed by atoms with Gasteiger partial charge in [0.1, 0.15) is 24.0 Å². The molecule has 1 N–H and O–H groups in total. The molecule has 2 aromatic heterocycles. The van der Waals surface area contributed by atoms with Crippen molar-refractivity contribution in [3.05, 3.63) is 74.8 Å². The van der Waals surface area contributed by atoms with E-state index in [0.29, 0.717) is 23.1 Å². The number of ether oxygens (including phenoxy) is 1. The molecule has 0 unspecified atom stereocenters. The van der Waals surface area contributed by atoms with Gasteiger partial charge in [-0.05, 0) is 63.8 Å². The lowest BCUT2D eigenvalue weighted by atomic mass is 10.3. The van der Waals surface area contributed by atoms with Crippen LogP contribution in [0.4, 0.5) is 10.2 Å². The van der Waals surface area contributed by atoms with Gasteiger partial charge in [0.2, 0.25) is 0 Å². The summed E-state index contributed by atoms with van der Waals surface area (Å²) >= 11 is 4.62. The first-order valence-electron chi connectivity index (χ1n) is 6.99. The first kappa shape index (κ1) is 16.6. The third kappa shape index (κ3) is 4.39. The second-order valence-electron chi connectivity index (χ2n) is 4.88. The number of carbonyl (C=O) groups is 1. The average Bonchev–Trinajstić information content (AvgIpc) is 3.06. The highest BCUT2D eigenvalue weighted by molar-refractivity contribution is 9.10. The number of anilines is 1. The van der Waals surface area contributed by atoms with Crippen molar-refractivity contribution < 1.29 is 13.9 Å². The van der Waals surface area contributed by atoms with Gasteiger partial charge < -0.3 is 10.1 Å². The maximum absolute atomic E-state index is 12.8. The van der Waals surface area contributed by atoms with Crippen molar-refractivity contribution in [2.75, 3.05) is 5.32 Å². The Morgan fingerprint density at radius 1 is 1.25 bits per heavy atom. The molecular formula is C17H12BrFN2O2S. The first-order valence-corrected chi connectivity index (χ1v) is 8.66. The molecule has 0 aliphatic rings. The summed E-state index contributed by atoms with van der Waals surface area (Å²) in [6, 6.07) is 11.1. The van der Waals surface area contributed by atoms with E-state index in [4.69, 9.17) is 4.74 Å². The Bertz CT molecular complexity index is 835. The lowest BCUT2D eigenvalue weighted by Crippen LogP contribution is -2.11. The van der Waals surface area contributed by atoms with Crippen LogP contribution >= 0.6 is 27.3 Å². The molecule has 0 bridgehead atoms. The Balaban J connectivity index is 1.59. The number of halogens is 2. The largest absolute Gasteiger partial charge is 0.489 e. The van der Waals surface area contributed by atoms with E-state index in [2.05, 4.69) is 26.2 Å². The number of nitrogens with one attached hydrogen (secondary N) is 1. The molecule has 24 heavy (non-hydrogen) atoms. The number of carbonyl (C=O) groups excluding carboxylic acids is 1. The second kappa shape index (κ2) is 7.55. The van der Waals surface area contributed by atoms with Crippen molar-refractivity contribution in [1.29, 1.82) is 0 Å². The number of thiophene rings is 1. The lowest BCUT2D eigenvalue weighted by Gasteiger charge is -2.04. The molecule has 1 aromatic carbocycles. The number of nitrogens with zero attached hydrogens (tertiary/aromatic N) is 1. The zero-order valence-electron chi connectivity index (χ0n) is 12.3. The minimum absolute atomic E-state index is 0.220. The van der Waals surface area contributed by atoms with Crippen LogP contribution in [0.25, 0.3) is 0 Å². The van der Waals surface area contributed by atoms with E-state index in [0.717, 1.165) is 10.0 Å². The monoisotopic (exact) mass is 406 g/mol. The molecule has 7 heteroatoms. The standard InChI is InChI=1S/C17H12BrFN2O2S/c18-12-1-6-16(20-8-12)21-17(22)15-7-11(10-24-15)9-23-14-4-2-13(19)3-5-14/h1-8,10H,9H2,(H,20,21,22). The number of hydrogen-bond acceptors (Lipinski definition) is 4. The smallest absolute Gasteiger partial charge is 0.266 e. The van der Waals surface area contributed by atoms with Crippen molar-refractivity contribution in [2.45, 2.75) is 6.61 Å². The number of pyridine rings is 1. The van der Waals surface area contributed by atoms with E-state index in [1.807, 2.05) is 5.38 Å². The topological polar surface area (TPSA) is 51.2 Å². The van der Waals surface area contributed by atoms with Gasteiger partial charge in [-0.2, -0.15) is 0 Å². The first-order chi connectivity index (χ1) is 11.6.